The van der Waals surface area contributed by atoms with Crippen LogP contribution in [0.1, 0.15) is 6.92 Å². The Hall–Kier alpha value is -1.04. The largest absolute Gasteiger partial charge is 0.454 e. The second-order valence-electron chi connectivity index (χ2n) is 3.31. The van der Waals surface area contributed by atoms with Crippen molar-refractivity contribution < 1.29 is 27.4 Å². The Morgan fingerprint density at radius 3 is 2.60 bits per heavy atom. The van der Waals surface area contributed by atoms with Crippen molar-refractivity contribution in [3.8, 4) is 0 Å². The third-order valence-electron chi connectivity index (χ3n) is 2.26. The summed E-state index contributed by atoms with van der Waals surface area (Å²) in [5.41, 5.74) is 0. The van der Waals surface area contributed by atoms with E-state index in [1.165, 1.54) is 0 Å². The maximum Gasteiger partial charge on any atom is 0.394 e. The third-order valence-corrected chi connectivity index (χ3v) is 2.26. The molecular formula is C9H11F3O3. The van der Waals surface area contributed by atoms with Gasteiger partial charge in [-0.25, -0.2) is 4.79 Å². The molecule has 0 aliphatic carbocycles. The first-order valence-electron chi connectivity index (χ1n) is 4.37. The minimum Gasteiger partial charge on any atom is -0.454 e. The smallest absolute Gasteiger partial charge is 0.394 e. The van der Waals surface area contributed by atoms with Crippen LogP contribution < -0.4 is 0 Å². The van der Waals surface area contributed by atoms with E-state index < -0.39 is 30.3 Å². The molecule has 0 saturated carbocycles. The summed E-state index contributed by atoms with van der Waals surface area (Å²) in [7, 11) is 0. The van der Waals surface area contributed by atoms with Gasteiger partial charge in [0.25, 0.3) is 0 Å². The van der Waals surface area contributed by atoms with Crippen LogP contribution in [0.3, 0.4) is 0 Å². The molecule has 1 aliphatic heterocycles. The number of rotatable bonds is 3. The molecule has 3 nitrogen and oxygen atoms in total. The highest BCUT2D eigenvalue weighted by molar-refractivity contribution is 5.81. The third kappa shape index (κ3) is 2.71. The highest BCUT2D eigenvalue weighted by Gasteiger charge is 2.50. The maximum absolute atomic E-state index is 12.3. The fourth-order valence-electron chi connectivity index (χ4n) is 1.24. The van der Waals surface area contributed by atoms with Crippen molar-refractivity contribution >= 4 is 5.97 Å². The number of alkyl halides is 3. The van der Waals surface area contributed by atoms with Gasteiger partial charge in [-0.05, 0) is 0 Å². The van der Waals surface area contributed by atoms with Crippen LogP contribution in [0.5, 0.6) is 0 Å². The molecule has 6 heteroatoms. The summed E-state index contributed by atoms with van der Waals surface area (Å²) in [6.45, 7) is 4.16. The van der Waals surface area contributed by atoms with E-state index in [2.05, 4.69) is 11.3 Å². The summed E-state index contributed by atoms with van der Waals surface area (Å²) >= 11 is 0. The zero-order chi connectivity index (χ0) is 11.6. The molecule has 3 unspecified atom stereocenters. The van der Waals surface area contributed by atoms with E-state index >= 15 is 0 Å². The number of carbonyl (C=O) groups is 1. The summed E-state index contributed by atoms with van der Waals surface area (Å²) in [5.74, 6) is -2.38. The Morgan fingerprint density at radius 1 is 1.67 bits per heavy atom. The lowest BCUT2D eigenvalue weighted by atomic mass is 9.95. The molecule has 0 bridgehead atoms. The van der Waals surface area contributed by atoms with Crippen molar-refractivity contribution in [2.45, 2.75) is 25.3 Å². The van der Waals surface area contributed by atoms with Crippen LogP contribution in [0, 0.1) is 5.92 Å². The Bertz CT molecular complexity index is 262. The van der Waals surface area contributed by atoms with Gasteiger partial charge in [0.2, 0.25) is 0 Å². The Kier molecular flexibility index (Phi) is 3.38. The minimum absolute atomic E-state index is 0.00463. The lowest BCUT2D eigenvalue weighted by Gasteiger charge is -2.39. The molecule has 1 saturated heterocycles. The van der Waals surface area contributed by atoms with Gasteiger partial charge in [-0.15, -0.1) is 0 Å². The summed E-state index contributed by atoms with van der Waals surface area (Å²) in [6, 6.07) is 0. The first kappa shape index (κ1) is 12.0. The highest BCUT2D eigenvalue weighted by Crippen LogP contribution is 2.35. The van der Waals surface area contributed by atoms with Gasteiger partial charge in [0.05, 0.1) is 12.5 Å². The molecule has 15 heavy (non-hydrogen) atoms. The van der Waals surface area contributed by atoms with Crippen LogP contribution in [0.25, 0.3) is 0 Å². The predicted octanol–water partition coefficient (Wildman–Crippen LogP) is 1.68. The number of hydrogen-bond donors (Lipinski definition) is 0. The molecule has 0 aromatic heterocycles. The van der Waals surface area contributed by atoms with Crippen LogP contribution in [0.2, 0.25) is 0 Å². The van der Waals surface area contributed by atoms with Gasteiger partial charge < -0.3 is 9.47 Å². The van der Waals surface area contributed by atoms with E-state index in [0.29, 0.717) is 0 Å². The summed E-state index contributed by atoms with van der Waals surface area (Å²) < 4.78 is 46.2. The van der Waals surface area contributed by atoms with Crippen molar-refractivity contribution in [1.82, 2.24) is 0 Å². The van der Waals surface area contributed by atoms with Crippen LogP contribution in [0.4, 0.5) is 13.2 Å². The molecule has 0 spiro atoms. The molecule has 1 rings (SSSR count). The van der Waals surface area contributed by atoms with E-state index in [4.69, 9.17) is 4.74 Å². The van der Waals surface area contributed by atoms with E-state index in [1.807, 2.05) is 0 Å². The standard InChI is InChI=1S/C9H11F3O3/c1-3-7(13)15-6-4-14-8(6)5(2)9(10,11)12/h3,5-6,8H,1,4H2,2H3. The molecule has 0 aromatic carbocycles. The number of esters is 1. The summed E-state index contributed by atoms with van der Waals surface area (Å²) in [4.78, 5) is 10.8. The second kappa shape index (κ2) is 4.22. The second-order valence-corrected chi connectivity index (χ2v) is 3.31. The molecule has 1 aliphatic rings. The van der Waals surface area contributed by atoms with Crippen molar-refractivity contribution in [2.75, 3.05) is 6.61 Å². The van der Waals surface area contributed by atoms with Crippen LogP contribution in [-0.2, 0) is 14.3 Å². The van der Waals surface area contributed by atoms with Crippen molar-refractivity contribution in [3.05, 3.63) is 12.7 Å². The lowest BCUT2D eigenvalue weighted by Crippen LogP contribution is -2.54. The number of hydrogen-bond acceptors (Lipinski definition) is 3. The Labute approximate surface area is 84.8 Å². The first-order valence-corrected chi connectivity index (χ1v) is 4.37. The van der Waals surface area contributed by atoms with Gasteiger partial charge in [0.15, 0.2) is 6.10 Å². The molecule has 1 fully saturated rings. The van der Waals surface area contributed by atoms with Crippen LogP contribution >= 0.6 is 0 Å². The topological polar surface area (TPSA) is 35.5 Å². The van der Waals surface area contributed by atoms with Gasteiger partial charge >= 0.3 is 12.1 Å². The SMILES string of the molecule is C=CC(=O)OC1COC1C(C)C(F)(F)F. The molecule has 0 N–H and O–H groups in total. The van der Waals surface area contributed by atoms with Crippen molar-refractivity contribution in [1.29, 1.82) is 0 Å². The highest BCUT2D eigenvalue weighted by atomic mass is 19.4. The van der Waals surface area contributed by atoms with Gasteiger partial charge in [-0.2, -0.15) is 13.2 Å². The number of ether oxygens (including phenoxy) is 2. The summed E-state index contributed by atoms with van der Waals surface area (Å²) in [5, 5.41) is 0. The predicted molar refractivity (Wildman–Crippen MR) is 45.0 cm³/mol. The molecule has 86 valence electrons. The lowest BCUT2D eigenvalue weighted by molar-refractivity contribution is -0.264. The zero-order valence-electron chi connectivity index (χ0n) is 8.08. The number of carbonyl (C=O) groups excluding carboxylic acids is 1. The van der Waals surface area contributed by atoms with E-state index in [0.717, 1.165) is 13.0 Å². The summed E-state index contributed by atoms with van der Waals surface area (Å²) in [6.07, 6.45) is -5.36. The van der Waals surface area contributed by atoms with Gasteiger partial charge in [-0.1, -0.05) is 13.5 Å². The maximum atomic E-state index is 12.3. The van der Waals surface area contributed by atoms with Gasteiger partial charge in [0.1, 0.15) is 6.10 Å². The molecular weight excluding hydrogens is 213 g/mol. The van der Waals surface area contributed by atoms with Crippen molar-refractivity contribution in [2.24, 2.45) is 5.92 Å². The monoisotopic (exact) mass is 224 g/mol. The number of halogens is 3. The van der Waals surface area contributed by atoms with Crippen LogP contribution in [-0.4, -0.2) is 31.0 Å². The van der Waals surface area contributed by atoms with Gasteiger partial charge in [-0.3, -0.25) is 0 Å². The fourth-order valence-corrected chi connectivity index (χ4v) is 1.24. The van der Waals surface area contributed by atoms with E-state index in [-0.39, 0.29) is 6.61 Å². The average Bonchev–Trinajstić information content (AvgIpc) is 2.10. The van der Waals surface area contributed by atoms with Crippen molar-refractivity contribution in [3.63, 3.8) is 0 Å². The normalized spacial score (nSPS) is 27.7. The van der Waals surface area contributed by atoms with E-state index in [1.54, 1.807) is 0 Å². The quantitative estimate of drug-likeness (QED) is 0.540. The molecule has 0 radical (unpaired) electrons. The molecule has 0 amide bonds. The molecule has 0 aromatic rings. The first-order chi connectivity index (χ1) is 6.86. The minimum atomic E-state index is -4.34. The fraction of sp³-hybridized carbons (Fsp3) is 0.667. The van der Waals surface area contributed by atoms with Gasteiger partial charge in [0, 0.05) is 6.08 Å². The molecule has 3 atom stereocenters. The Balaban J connectivity index is 2.51. The van der Waals surface area contributed by atoms with E-state index in [9.17, 15) is 18.0 Å². The Morgan fingerprint density at radius 2 is 2.27 bits per heavy atom. The van der Waals surface area contributed by atoms with Crippen LogP contribution in [0.15, 0.2) is 12.7 Å². The zero-order valence-corrected chi connectivity index (χ0v) is 8.08. The molecule has 1 heterocycles. The average molecular weight is 224 g/mol.